The van der Waals surface area contributed by atoms with Gasteiger partial charge in [0.25, 0.3) is 0 Å². The fourth-order valence-corrected chi connectivity index (χ4v) is 1.58. The number of halogens is 4. The molecule has 0 fully saturated rings. The van der Waals surface area contributed by atoms with E-state index >= 15 is 0 Å². The Morgan fingerprint density at radius 3 is 2.47 bits per heavy atom. The molecule has 0 aromatic heterocycles. The third-order valence-electron chi connectivity index (χ3n) is 2.32. The summed E-state index contributed by atoms with van der Waals surface area (Å²) in [6.07, 6.45) is -3.50. The zero-order valence-electron chi connectivity index (χ0n) is 9.74. The summed E-state index contributed by atoms with van der Waals surface area (Å²) in [5.41, 5.74) is -0.351. The summed E-state index contributed by atoms with van der Waals surface area (Å²) < 4.78 is 37.7. The molecule has 0 saturated carbocycles. The van der Waals surface area contributed by atoms with E-state index in [2.05, 4.69) is 19.2 Å². The Morgan fingerprint density at radius 2 is 1.94 bits per heavy atom. The van der Waals surface area contributed by atoms with Crippen LogP contribution in [0.4, 0.5) is 18.9 Å². The van der Waals surface area contributed by atoms with Gasteiger partial charge in [-0.2, -0.15) is 13.2 Å². The maximum atomic E-state index is 12.6. The van der Waals surface area contributed by atoms with Gasteiger partial charge in [0.15, 0.2) is 0 Å². The van der Waals surface area contributed by atoms with E-state index in [-0.39, 0.29) is 5.02 Å². The summed E-state index contributed by atoms with van der Waals surface area (Å²) in [6, 6.07) is 3.86. The van der Waals surface area contributed by atoms with Crippen molar-refractivity contribution in [2.45, 2.75) is 26.4 Å². The lowest BCUT2D eigenvalue weighted by Crippen LogP contribution is -2.09. The first-order valence-electron chi connectivity index (χ1n) is 5.41. The van der Waals surface area contributed by atoms with E-state index < -0.39 is 11.7 Å². The Hall–Kier alpha value is -0.900. The molecule has 0 heterocycles. The van der Waals surface area contributed by atoms with Crippen molar-refractivity contribution in [3.63, 3.8) is 0 Å². The Morgan fingerprint density at radius 1 is 1.29 bits per heavy atom. The van der Waals surface area contributed by atoms with Gasteiger partial charge in [-0.25, -0.2) is 0 Å². The van der Waals surface area contributed by atoms with Gasteiger partial charge in [0.2, 0.25) is 0 Å². The maximum Gasteiger partial charge on any atom is 0.417 e. The summed E-state index contributed by atoms with van der Waals surface area (Å²) in [5.74, 6) is 0.511. The minimum atomic E-state index is -4.41. The number of nitrogens with one attached hydrogen (secondary N) is 1. The highest BCUT2D eigenvalue weighted by Gasteiger charge is 2.33. The van der Waals surface area contributed by atoms with Crippen molar-refractivity contribution in [1.82, 2.24) is 0 Å². The van der Waals surface area contributed by atoms with Crippen molar-refractivity contribution >= 4 is 17.3 Å². The van der Waals surface area contributed by atoms with Crippen molar-refractivity contribution in [2.75, 3.05) is 11.9 Å². The number of rotatable bonds is 4. The monoisotopic (exact) mass is 265 g/mol. The highest BCUT2D eigenvalue weighted by molar-refractivity contribution is 6.31. The van der Waals surface area contributed by atoms with Crippen LogP contribution in [0, 0.1) is 5.92 Å². The quantitative estimate of drug-likeness (QED) is 0.823. The smallest absolute Gasteiger partial charge is 0.385 e. The second-order valence-electron chi connectivity index (χ2n) is 4.30. The van der Waals surface area contributed by atoms with E-state index in [0.29, 0.717) is 18.2 Å². The standard InChI is InChI=1S/C12H15ClF3N/c1-8(2)5-6-17-9-3-4-11(13)10(7-9)12(14,15)16/h3-4,7-8,17H,5-6H2,1-2H3. The normalized spacial score (nSPS) is 11.9. The molecule has 0 spiro atoms. The number of hydrogen-bond acceptors (Lipinski definition) is 1. The van der Waals surface area contributed by atoms with E-state index in [1.807, 2.05) is 0 Å². The molecule has 1 rings (SSSR count). The van der Waals surface area contributed by atoms with Gasteiger partial charge < -0.3 is 5.32 Å². The molecule has 0 atom stereocenters. The molecule has 0 radical (unpaired) electrons. The summed E-state index contributed by atoms with van der Waals surface area (Å²) >= 11 is 5.52. The van der Waals surface area contributed by atoms with Gasteiger partial charge in [-0.1, -0.05) is 25.4 Å². The molecule has 1 aromatic rings. The molecule has 1 nitrogen and oxygen atoms in total. The molecule has 0 aliphatic rings. The van der Waals surface area contributed by atoms with Gasteiger partial charge in [-0.3, -0.25) is 0 Å². The van der Waals surface area contributed by atoms with E-state index in [9.17, 15) is 13.2 Å². The van der Waals surface area contributed by atoms with Crippen LogP contribution in [0.1, 0.15) is 25.8 Å². The van der Waals surface area contributed by atoms with Gasteiger partial charge >= 0.3 is 6.18 Å². The van der Waals surface area contributed by atoms with Crippen LogP contribution in [-0.4, -0.2) is 6.54 Å². The highest BCUT2D eigenvalue weighted by Crippen LogP contribution is 2.36. The lowest BCUT2D eigenvalue weighted by Gasteiger charge is -2.13. The number of anilines is 1. The van der Waals surface area contributed by atoms with Gasteiger partial charge in [0, 0.05) is 12.2 Å². The molecule has 0 saturated heterocycles. The van der Waals surface area contributed by atoms with E-state index in [0.717, 1.165) is 12.5 Å². The van der Waals surface area contributed by atoms with Gasteiger partial charge in [0.05, 0.1) is 10.6 Å². The number of alkyl halides is 3. The zero-order chi connectivity index (χ0) is 13.1. The Bertz CT molecular complexity index is 375. The van der Waals surface area contributed by atoms with Crippen LogP contribution in [-0.2, 0) is 6.18 Å². The third kappa shape index (κ3) is 4.46. The van der Waals surface area contributed by atoms with Gasteiger partial charge in [-0.15, -0.1) is 0 Å². The molecule has 17 heavy (non-hydrogen) atoms. The van der Waals surface area contributed by atoms with E-state index in [1.165, 1.54) is 6.07 Å². The largest absolute Gasteiger partial charge is 0.417 e. The van der Waals surface area contributed by atoms with Crippen molar-refractivity contribution in [2.24, 2.45) is 5.92 Å². The van der Waals surface area contributed by atoms with Crippen LogP contribution in [0.2, 0.25) is 5.02 Å². The van der Waals surface area contributed by atoms with E-state index in [1.54, 1.807) is 6.07 Å². The molecular formula is C12H15ClF3N. The van der Waals surface area contributed by atoms with Crippen LogP contribution in [0.25, 0.3) is 0 Å². The molecule has 0 unspecified atom stereocenters. The minimum Gasteiger partial charge on any atom is -0.385 e. The molecule has 0 aliphatic carbocycles. The third-order valence-corrected chi connectivity index (χ3v) is 2.65. The van der Waals surface area contributed by atoms with Crippen LogP contribution in [0.3, 0.4) is 0 Å². The van der Waals surface area contributed by atoms with Crippen molar-refractivity contribution in [3.8, 4) is 0 Å². The summed E-state index contributed by atoms with van der Waals surface area (Å²) in [4.78, 5) is 0. The SMILES string of the molecule is CC(C)CCNc1ccc(Cl)c(C(F)(F)F)c1. The second-order valence-corrected chi connectivity index (χ2v) is 4.71. The predicted octanol–water partition coefficient (Wildman–Crippen LogP) is 4.82. The molecule has 1 N–H and O–H groups in total. The minimum absolute atomic E-state index is 0.271. The van der Waals surface area contributed by atoms with Crippen LogP contribution < -0.4 is 5.32 Å². The average Bonchev–Trinajstić information content (AvgIpc) is 2.18. The molecular weight excluding hydrogens is 251 g/mol. The zero-order valence-corrected chi connectivity index (χ0v) is 10.5. The van der Waals surface area contributed by atoms with Crippen LogP contribution in [0.15, 0.2) is 18.2 Å². The predicted molar refractivity (Wildman–Crippen MR) is 64.4 cm³/mol. The molecule has 0 aliphatic heterocycles. The molecule has 1 aromatic carbocycles. The lowest BCUT2D eigenvalue weighted by molar-refractivity contribution is -0.137. The Labute approximate surface area is 104 Å². The van der Waals surface area contributed by atoms with Crippen LogP contribution in [0.5, 0.6) is 0 Å². The first-order chi connectivity index (χ1) is 7.80. The Balaban J connectivity index is 2.76. The van der Waals surface area contributed by atoms with Crippen molar-refractivity contribution in [3.05, 3.63) is 28.8 Å². The highest BCUT2D eigenvalue weighted by atomic mass is 35.5. The first-order valence-corrected chi connectivity index (χ1v) is 5.79. The maximum absolute atomic E-state index is 12.6. The number of hydrogen-bond donors (Lipinski definition) is 1. The van der Waals surface area contributed by atoms with Crippen molar-refractivity contribution < 1.29 is 13.2 Å². The van der Waals surface area contributed by atoms with Gasteiger partial charge in [0.1, 0.15) is 0 Å². The van der Waals surface area contributed by atoms with Crippen LogP contribution >= 0.6 is 11.6 Å². The molecule has 5 heteroatoms. The Kier molecular flexibility index (Phi) is 4.69. The van der Waals surface area contributed by atoms with Crippen molar-refractivity contribution in [1.29, 1.82) is 0 Å². The van der Waals surface area contributed by atoms with E-state index in [4.69, 9.17) is 11.6 Å². The number of benzene rings is 1. The topological polar surface area (TPSA) is 12.0 Å². The fraction of sp³-hybridized carbons (Fsp3) is 0.500. The molecule has 0 amide bonds. The molecule has 96 valence electrons. The fourth-order valence-electron chi connectivity index (χ4n) is 1.36. The average molecular weight is 266 g/mol. The molecule has 0 bridgehead atoms. The summed E-state index contributed by atoms with van der Waals surface area (Å²) in [5, 5.41) is 2.69. The van der Waals surface area contributed by atoms with Gasteiger partial charge in [-0.05, 0) is 30.5 Å². The lowest BCUT2D eigenvalue weighted by atomic mass is 10.1. The second kappa shape index (κ2) is 5.63. The first kappa shape index (κ1) is 14.2. The summed E-state index contributed by atoms with van der Waals surface area (Å²) in [7, 11) is 0. The summed E-state index contributed by atoms with van der Waals surface area (Å²) in [6.45, 7) is 4.77.